The van der Waals surface area contributed by atoms with Gasteiger partial charge in [0.15, 0.2) is 0 Å². The molecule has 0 radical (unpaired) electrons. The molecule has 2 N–H and O–H groups in total. The van der Waals surface area contributed by atoms with E-state index in [2.05, 4.69) is 0 Å². The zero-order chi connectivity index (χ0) is 13.9. The van der Waals surface area contributed by atoms with Gasteiger partial charge in [-0.2, -0.15) is 0 Å². The molecule has 100 valence electrons. The third-order valence-corrected chi connectivity index (χ3v) is 3.10. The highest BCUT2D eigenvalue weighted by atomic mass is 19.1. The fourth-order valence-corrected chi connectivity index (χ4v) is 1.80. The number of ether oxygens (including phenoxy) is 1. The smallest absolute Gasteiger partial charge is 0.322 e. The van der Waals surface area contributed by atoms with Crippen molar-refractivity contribution in [3.05, 3.63) is 35.1 Å². The Balaban J connectivity index is 2.80. The van der Waals surface area contributed by atoms with E-state index in [9.17, 15) is 9.18 Å². The van der Waals surface area contributed by atoms with Gasteiger partial charge in [0, 0.05) is 5.92 Å². The van der Waals surface area contributed by atoms with Gasteiger partial charge in [0.2, 0.25) is 0 Å². The van der Waals surface area contributed by atoms with Crippen LogP contribution in [0, 0.1) is 12.7 Å². The van der Waals surface area contributed by atoms with Gasteiger partial charge in [-0.25, -0.2) is 4.39 Å². The van der Waals surface area contributed by atoms with Crippen LogP contribution in [0.2, 0.25) is 0 Å². The molecule has 0 spiro atoms. The summed E-state index contributed by atoms with van der Waals surface area (Å²) >= 11 is 0. The fraction of sp³-hybridized carbons (Fsp3) is 0.500. The summed E-state index contributed by atoms with van der Waals surface area (Å²) in [7, 11) is 0. The number of esters is 1. The molecule has 0 aliphatic heterocycles. The van der Waals surface area contributed by atoms with E-state index in [1.807, 2.05) is 20.8 Å². The lowest BCUT2D eigenvalue weighted by Gasteiger charge is -2.23. The van der Waals surface area contributed by atoms with E-state index in [1.165, 1.54) is 12.1 Å². The van der Waals surface area contributed by atoms with Gasteiger partial charge in [-0.3, -0.25) is 4.79 Å². The van der Waals surface area contributed by atoms with Gasteiger partial charge in [0.25, 0.3) is 0 Å². The molecule has 1 aromatic rings. The predicted octanol–water partition coefficient (Wildman–Crippen LogP) is 2.52. The highest BCUT2D eigenvalue weighted by Gasteiger charge is 2.21. The average Bonchev–Trinajstić information content (AvgIpc) is 2.27. The Morgan fingerprint density at radius 3 is 2.44 bits per heavy atom. The van der Waals surface area contributed by atoms with Crippen molar-refractivity contribution >= 4 is 5.97 Å². The Morgan fingerprint density at radius 1 is 1.33 bits per heavy atom. The molecule has 0 heterocycles. The largest absolute Gasteiger partial charge is 0.461 e. The van der Waals surface area contributed by atoms with Crippen LogP contribution >= 0.6 is 0 Å². The van der Waals surface area contributed by atoms with Crippen LogP contribution in [0.1, 0.15) is 37.8 Å². The van der Waals surface area contributed by atoms with Gasteiger partial charge in [-0.15, -0.1) is 0 Å². The highest BCUT2D eigenvalue weighted by molar-refractivity contribution is 5.75. The molecule has 3 nitrogen and oxygen atoms in total. The lowest BCUT2D eigenvalue weighted by atomic mass is 9.92. The average molecular weight is 253 g/mol. The predicted molar refractivity (Wildman–Crippen MR) is 68.8 cm³/mol. The number of carbonyl (C=O) groups is 1. The summed E-state index contributed by atoms with van der Waals surface area (Å²) in [5.74, 6) is -0.689. The second-order valence-corrected chi connectivity index (χ2v) is 4.72. The summed E-state index contributed by atoms with van der Waals surface area (Å²) in [5.41, 5.74) is 7.28. The molecular formula is C14H20FNO2. The van der Waals surface area contributed by atoms with Gasteiger partial charge in [-0.1, -0.05) is 13.0 Å². The number of benzene rings is 1. The van der Waals surface area contributed by atoms with Gasteiger partial charge in [-0.05, 0) is 44.0 Å². The van der Waals surface area contributed by atoms with Crippen molar-refractivity contribution in [2.45, 2.75) is 45.8 Å². The van der Waals surface area contributed by atoms with Crippen molar-refractivity contribution in [3.8, 4) is 0 Å². The van der Waals surface area contributed by atoms with Crippen LogP contribution < -0.4 is 5.73 Å². The van der Waals surface area contributed by atoms with E-state index in [-0.39, 0.29) is 17.8 Å². The quantitative estimate of drug-likeness (QED) is 0.839. The molecule has 0 saturated carbocycles. The van der Waals surface area contributed by atoms with Crippen molar-refractivity contribution in [2.24, 2.45) is 5.73 Å². The first kappa shape index (κ1) is 14.6. The van der Waals surface area contributed by atoms with Crippen LogP contribution in [0.5, 0.6) is 0 Å². The number of aryl methyl sites for hydroxylation is 1. The second-order valence-electron chi connectivity index (χ2n) is 4.72. The van der Waals surface area contributed by atoms with Gasteiger partial charge < -0.3 is 10.5 Å². The summed E-state index contributed by atoms with van der Waals surface area (Å²) in [5, 5.41) is 0. The molecule has 18 heavy (non-hydrogen) atoms. The fourth-order valence-electron chi connectivity index (χ4n) is 1.80. The van der Waals surface area contributed by atoms with E-state index in [1.54, 1.807) is 13.0 Å². The summed E-state index contributed by atoms with van der Waals surface area (Å²) < 4.78 is 18.3. The van der Waals surface area contributed by atoms with Crippen molar-refractivity contribution in [1.29, 1.82) is 0 Å². The summed E-state index contributed by atoms with van der Waals surface area (Å²) in [4.78, 5) is 11.4. The van der Waals surface area contributed by atoms with Crippen molar-refractivity contribution in [2.75, 3.05) is 0 Å². The third-order valence-electron chi connectivity index (χ3n) is 3.10. The first-order chi connectivity index (χ1) is 8.32. The number of halogens is 1. The Kier molecular flexibility index (Phi) is 4.84. The molecule has 0 bridgehead atoms. The number of hydrogen-bond acceptors (Lipinski definition) is 3. The van der Waals surface area contributed by atoms with E-state index in [0.717, 1.165) is 11.1 Å². The number of carbonyl (C=O) groups excluding carboxylic acids is 1. The van der Waals surface area contributed by atoms with Crippen LogP contribution in [0.15, 0.2) is 18.2 Å². The van der Waals surface area contributed by atoms with Crippen molar-refractivity contribution < 1.29 is 13.9 Å². The maximum Gasteiger partial charge on any atom is 0.322 e. The Labute approximate surface area is 107 Å². The molecule has 0 amide bonds. The van der Waals surface area contributed by atoms with Gasteiger partial charge in [0.1, 0.15) is 18.0 Å². The van der Waals surface area contributed by atoms with Crippen molar-refractivity contribution in [1.82, 2.24) is 0 Å². The van der Waals surface area contributed by atoms with Crippen LogP contribution in [0.3, 0.4) is 0 Å². The van der Waals surface area contributed by atoms with E-state index < -0.39 is 12.0 Å². The lowest BCUT2D eigenvalue weighted by Crippen LogP contribution is -2.33. The van der Waals surface area contributed by atoms with Crippen LogP contribution in [-0.2, 0) is 9.53 Å². The van der Waals surface area contributed by atoms with E-state index in [4.69, 9.17) is 10.5 Å². The maximum atomic E-state index is 13.0. The molecule has 0 aromatic heterocycles. The van der Waals surface area contributed by atoms with E-state index in [0.29, 0.717) is 0 Å². The molecule has 0 aliphatic rings. The number of rotatable bonds is 4. The molecule has 0 fully saturated rings. The molecule has 0 unspecified atom stereocenters. The first-order valence-electron chi connectivity index (χ1n) is 6.05. The number of hydrogen-bond donors (Lipinski definition) is 1. The normalized spacial score (nSPS) is 15.9. The van der Waals surface area contributed by atoms with E-state index >= 15 is 0 Å². The topological polar surface area (TPSA) is 52.3 Å². The molecule has 0 saturated heterocycles. The minimum atomic E-state index is -0.631. The van der Waals surface area contributed by atoms with Crippen LogP contribution in [0.4, 0.5) is 4.39 Å². The molecule has 0 aliphatic carbocycles. The molecular weight excluding hydrogens is 233 g/mol. The Morgan fingerprint density at radius 2 is 1.94 bits per heavy atom. The highest BCUT2D eigenvalue weighted by Crippen LogP contribution is 2.25. The summed E-state index contributed by atoms with van der Waals surface area (Å²) in [6.45, 7) is 7.19. The lowest BCUT2D eigenvalue weighted by molar-refractivity contribution is -0.150. The van der Waals surface area contributed by atoms with Gasteiger partial charge >= 0.3 is 5.97 Å². The Hall–Kier alpha value is -1.42. The second kappa shape index (κ2) is 5.96. The summed E-state index contributed by atoms with van der Waals surface area (Å²) in [6, 6.07) is 3.99. The van der Waals surface area contributed by atoms with Crippen LogP contribution in [-0.4, -0.2) is 18.1 Å². The standard InChI is InChI=1S/C14H20FNO2/c1-8-7-12(15)5-6-13(8)9(2)11(4)18-14(17)10(3)16/h5-7,9-11H,16H2,1-4H3/t9-,10-,11+/m0/s1. The zero-order valence-corrected chi connectivity index (χ0v) is 11.2. The monoisotopic (exact) mass is 253 g/mol. The van der Waals surface area contributed by atoms with Crippen LogP contribution in [0.25, 0.3) is 0 Å². The van der Waals surface area contributed by atoms with Crippen molar-refractivity contribution in [3.63, 3.8) is 0 Å². The minimum absolute atomic E-state index is 0.00620. The maximum absolute atomic E-state index is 13.0. The molecule has 3 atom stereocenters. The first-order valence-corrected chi connectivity index (χ1v) is 6.05. The zero-order valence-electron chi connectivity index (χ0n) is 11.2. The number of nitrogens with two attached hydrogens (primary N) is 1. The molecule has 4 heteroatoms. The SMILES string of the molecule is Cc1cc(F)ccc1[C@@H](C)[C@@H](C)OC(=O)[C@H](C)N. The third kappa shape index (κ3) is 3.53. The molecule has 1 rings (SSSR count). The minimum Gasteiger partial charge on any atom is -0.461 e. The molecule has 1 aromatic carbocycles. The summed E-state index contributed by atoms with van der Waals surface area (Å²) in [6.07, 6.45) is -0.298. The Bertz CT molecular complexity index is 432. The van der Waals surface area contributed by atoms with Gasteiger partial charge in [0.05, 0.1) is 0 Å².